The molecular weight excluding hydrogens is 633 g/mol. The van der Waals surface area contributed by atoms with Gasteiger partial charge >= 0.3 is 6.18 Å². The van der Waals surface area contributed by atoms with E-state index in [-0.39, 0.29) is 34.7 Å². The molecule has 0 saturated carbocycles. The molecule has 0 unspecified atom stereocenters. The molecule has 5 rings (SSSR count). The van der Waals surface area contributed by atoms with Crippen molar-refractivity contribution in [3.05, 3.63) is 105 Å². The Kier molecular flexibility index (Phi) is 9.17. The second-order valence-electron chi connectivity index (χ2n) is 10.5. The van der Waals surface area contributed by atoms with E-state index in [1.165, 1.54) is 48.1 Å². The lowest BCUT2D eigenvalue weighted by molar-refractivity contribution is -0.141. The van der Waals surface area contributed by atoms with E-state index in [4.69, 9.17) is 4.52 Å². The smallest absolute Gasteiger partial charge is 0.383 e. The molecule has 0 aliphatic rings. The Balaban J connectivity index is 1.44. The van der Waals surface area contributed by atoms with Gasteiger partial charge in [0.2, 0.25) is 0 Å². The minimum absolute atomic E-state index is 0.0871. The molecule has 4 N–H and O–H groups in total. The maximum Gasteiger partial charge on any atom is 0.433 e. The molecule has 2 aromatic carbocycles. The number of benzene rings is 2. The van der Waals surface area contributed by atoms with Crippen molar-refractivity contribution < 1.29 is 32.1 Å². The molecule has 3 aromatic heterocycles. The van der Waals surface area contributed by atoms with E-state index in [2.05, 4.69) is 31.3 Å². The number of halogens is 3. The maximum absolute atomic E-state index is 14.0. The zero-order valence-corrected chi connectivity index (χ0v) is 26.0. The fraction of sp³-hybridized carbons (Fsp3) is 0.188. The van der Waals surface area contributed by atoms with E-state index < -0.39 is 40.8 Å². The molecule has 0 radical (unpaired) electrons. The average Bonchev–Trinajstić information content (AvgIpc) is 3.56. The third kappa shape index (κ3) is 7.11. The van der Waals surface area contributed by atoms with Crippen LogP contribution in [-0.4, -0.2) is 43.8 Å². The molecule has 0 atom stereocenters. The zero-order chi connectivity index (χ0) is 34.7. The monoisotopic (exact) mass is 662 g/mol. The fourth-order valence-electron chi connectivity index (χ4n) is 4.83. The first kappa shape index (κ1) is 33.2. The van der Waals surface area contributed by atoms with E-state index >= 15 is 0 Å². The number of carbonyl (C=O) groups is 3. The summed E-state index contributed by atoms with van der Waals surface area (Å²) in [6.07, 6.45) is -3.37. The molecule has 13 nitrogen and oxygen atoms in total. The molecule has 3 amide bonds. The van der Waals surface area contributed by atoms with E-state index in [1.807, 2.05) is 0 Å². The molecule has 0 fully saturated rings. The normalized spacial score (nSPS) is 11.2. The number of nitrogens with zero attached hydrogens (tertiary/aromatic N) is 4. The van der Waals surface area contributed by atoms with Gasteiger partial charge in [0.15, 0.2) is 11.5 Å². The van der Waals surface area contributed by atoms with Crippen molar-refractivity contribution in [2.24, 2.45) is 14.1 Å². The number of aryl methyl sites for hydroxylation is 3. The number of anilines is 4. The first-order valence-corrected chi connectivity index (χ1v) is 14.4. The molecule has 0 aliphatic carbocycles. The first-order valence-electron chi connectivity index (χ1n) is 14.4. The molecule has 0 spiro atoms. The van der Waals surface area contributed by atoms with Gasteiger partial charge in [0, 0.05) is 49.8 Å². The van der Waals surface area contributed by atoms with Gasteiger partial charge in [-0.15, -0.1) is 0 Å². The number of pyridine rings is 1. The van der Waals surface area contributed by atoms with Crippen LogP contribution < -0.4 is 26.8 Å². The van der Waals surface area contributed by atoms with Crippen LogP contribution in [0, 0.1) is 6.92 Å². The summed E-state index contributed by atoms with van der Waals surface area (Å²) < 4.78 is 49.9. The Morgan fingerprint density at radius 2 is 1.60 bits per heavy atom. The number of aromatic nitrogens is 4. The van der Waals surface area contributed by atoms with Gasteiger partial charge < -0.3 is 25.8 Å². The Morgan fingerprint density at radius 3 is 2.21 bits per heavy atom. The van der Waals surface area contributed by atoms with E-state index in [9.17, 15) is 32.3 Å². The van der Waals surface area contributed by atoms with Crippen LogP contribution in [0.4, 0.5) is 36.1 Å². The molecule has 0 aliphatic heterocycles. The highest BCUT2D eigenvalue weighted by atomic mass is 19.4. The number of hydrogen-bond donors (Lipinski definition) is 4. The Labute approximate surface area is 270 Å². The van der Waals surface area contributed by atoms with Crippen molar-refractivity contribution in [1.82, 2.24) is 19.5 Å². The number of nitrogens with one attached hydrogen (secondary N) is 4. The summed E-state index contributed by atoms with van der Waals surface area (Å²) in [6.45, 7) is 3.39. The summed E-state index contributed by atoms with van der Waals surface area (Å²) in [6, 6.07) is 13.9. The highest BCUT2D eigenvalue weighted by Gasteiger charge is 2.36. The first-order chi connectivity index (χ1) is 22.7. The Bertz CT molecular complexity index is 2080. The van der Waals surface area contributed by atoms with Gasteiger partial charge in [-0.05, 0) is 55.8 Å². The van der Waals surface area contributed by atoms with Crippen LogP contribution in [0.3, 0.4) is 0 Å². The highest BCUT2D eigenvalue weighted by molar-refractivity contribution is 6.14. The molecule has 16 heteroatoms. The van der Waals surface area contributed by atoms with E-state index in [1.54, 1.807) is 45.3 Å². The minimum Gasteiger partial charge on any atom is -0.383 e. The SMILES string of the molecule is CCNc1c(C(=O)Nc2ccc(-c3c(C)on(C)c3=O)cc2)cc(C(F)(F)F)nc1C(=O)Nc1cccc(C(=O)Nc2ccn(C)n2)c1. The predicted octanol–water partition coefficient (Wildman–Crippen LogP) is 5.29. The third-order valence-electron chi connectivity index (χ3n) is 7.02. The summed E-state index contributed by atoms with van der Waals surface area (Å²) >= 11 is 0. The molecule has 248 valence electrons. The lowest BCUT2D eigenvalue weighted by Crippen LogP contribution is -2.24. The van der Waals surface area contributed by atoms with Crippen LogP contribution in [-0.2, 0) is 20.3 Å². The predicted molar refractivity (Wildman–Crippen MR) is 171 cm³/mol. The van der Waals surface area contributed by atoms with Gasteiger partial charge in [-0.1, -0.05) is 18.2 Å². The Hall–Kier alpha value is -6.19. The summed E-state index contributed by atoms with van der Waals surface area (Å²) in [5.74, 6) is -1.87. The lowest BCUT2D eigenvalue weighted by atomic mass is 10.1. The molecule has 3 heterocycles. The van der Waals surface area contributed by atoms with Crippen molar-refractivity contribution in [2.45, 2.75) is 20.0 Å². The molecular formula is C32H29F3N8O5. The van der Waals surface area contributed by atoms with E-state index in [0.717, 1.165) is 4.74 Å². The summed E-state index contributed by atoms with van der Waals surface area (Å²) in [5, 5.41) is 14.5. The van der Waals surface area contributed by atoms with Gasteiger partial charge in [-0.3, -0.25) is 23.9 Å². The van der Waals surface area contributed by atoms with Gasteiger partial charge in [-0.2, -0.15) is 23.0 Å². The maximum atomic E-state index is 14.0. The van der Waals surface area contributed by atoms with Crippen LogP contribution in [0.2, 0.25) is 0 Å². The largest absolute Gasteiger partial charge is 0.433 e. The quantitative estimate of drug-likeness (QED) is 0.165. The third-order valence-corrected chi connectivity index (χ3v) is 7.02. The standard InChI is InChI=1S/C32H29F3N8O5/c1-5-36-26-22(29(45)37-20-11-9-18(10-12-20)25-17(2)48-43(4)31(25)47)16-23(32(33,34)35)39-27(26)30(46)38-21-8-6-7-19(15-21)28(44)40-24-13-14-42(3)41-24/h6-16,36H,5H2,1-4H3,(H,37,45)(H,38,46)(H,40,41,44). The van der Waals surface area contributed by atoms with Crippen LogP contribution >= 0.6 is 0 Å². The summed E-state index contributed by atoms with van der Waals surface area (Å²) in [7, 11) is 3.14. The zero-order valence-electron chi connectivity index (χ0n) is 26.0. The number of rotatable bonds is 9. The van der Waals surface area contributed by atoms with Gasteiger partial charge in [0.1, 0.15) is 11.5 Å². The number of amides is 3. The average molecular weight is 663 g/mol. The van der Waals surface area contributed by atoms with Crippen molar-refractivity contribution in [3.8, 4) is 11.1 Å². The molecule has 48 heavy (non-hydrogen) atoms. The second-order valence-corrected chi connectivity index (χ2v) is 10.5. The number of alkyl halides is 3. The fourth-order valence-corrected chi connectivity index (χ4v) is 4.83. The van der Waals surface area contributed by atoms with Crippen LogP contribution in [0.15, 0.2) is 76.2 Å². The highest BCUT2D eigenvalue weighted by Crippen LogP contribution is 2.33. The van der Waals surface area contributed by atoms with Gasteiger partial charge in [0.25, 0.3) is 23.3 Å². The summed E-state index contributed by atoms with van der Waals surface area (Å²) in [5.41, 5.74) is -1.98. The van der Waals surface area contributed by atoms with Crippen molar-refractivity contribution in [3.63, 3.8) is 0 Å². The van der Waals surface area contributed by atoms with E-state index in [0.29, 0.717) is 28.8 Å². The summed E-state index contributed by atoms with van der Waals surface area (Å²) in [4.78, 5) is 55.6. The number of hydrogen-bond acceptors (Lipinski definition) is 8. The number of carbonyl (C=O) groups excluding carboxylic acids is 3. The second kappa shape index (κ2) is 13.3. The van der Waals surface area contributed by atoms with Crippen molar-refractivity contribution in [2.75, 3.05) is 27.8 Å². The van der Waals surface area contributed by atoms with Crippen molar-refractivity contribution >= 4 is 40.6 Å². The lowest BCUT2D eigenvalue weighted by Gasteiger charge is -2.18. The minimum atomic E-state index is -5.01. The molecule has 0 bridgehead atoms. The van der Waals surface area contributed by atoms with Crippen LogP contribution in [0.5, 0.6) is 0 Å². The van der Waals surface area contributed by atoms with Gasteiger partial charge in [-0.25, -0.2) is 4.98 Å². The Morgan fingerprint density at radius 1 is 0.896 bits per heavy atom. The van der Waals surface area contributed by atoms with Crippen LogP contribution in [0.1, 0.15) is 49.6 Å². The van der Waals surface area contributed by atoms with Gasteiger partial charge in [0.05, 0.1) is 16.8 Å². The van der Waals surface area contributed by atoms with Crippen LogP contribution in [0.25, 0.3) is 11.1 Å². The topological polar surface area (TPSA) is 165 Å². The molecule has 5 aromatic rings. The molecule has 0 saturated heterocycles. The van der Waals surface area contributed by atoms with Crippen molar-refractivity contribution in [1.29, 1.82) is 0 Å².